The first-order valence-corrected chi connectivity index (χ1v) is 6.51. The fourth-order valence-corrected chi connectivity index (χ4v) is 1.53. The lowest BCUT2D eigenvalue weighted by Gasteiger charge is -2.14. The summed E-state index contributed by atoms with van der Waals surface area (Å²) in [4.78, 5) is 0. The van der Waals surface area contributed by atoms with Crippen LogP contribution in [-0.2, 0) is 0 Å². The molecule has 18 heavy (non-hydrogen) atoms. The van der Waals surface area contributed by atoms with Crippen molar-refractivity contribution >= 4 is 17.7 Å². The maximum Gasteiger partial charge on any atom is 0.161 e. The van der Waals surface area contributed by atoms with E-state index in [0.29, 0.717) is 18.1 Å². The molecule has 0 radical (unpaired) electrons. The van der Waals surface area contributed by atoms with Crippen LogP contribution in [0.4, 0.5) is 0 Å². The van der Waals surface area contributed by atoms with Gasteiger partial charge in [-0.2, -0.15) is 0 Å². The molecular weight excluding hydrogens is 252 g/mol. The number of hydrogen-bond donors (Lipinski definition) is 1. The van der Waals surface area contributed by atoms with E-state index in [-0.39, 0.29) is 12.5 Å². The molecule has 0 heterocycles. The van der Waals surface area contributed by atoms with Crippen molar-refractivity contribution in [3.63, 3.8) is 0 Å². The number of aliphatic hydroxyl groups is 1. The Balaban J connectivity index is 2.85. The van der Waals surface area contributed by atoms with E-state index in [9.17, 15) is 5.11 Å². The van der Waals surface area contributed by atoms with Gasteiger partial charge < -0.3 is 14.6 Å². The van der Waals surface area contributed by atoms with Crippen LogP contribution in [0.1, 0.15) is 19.4 Å². The summed E-state index contributed by atoms with van der Waals surface area (Å²) < 4.78 is 11.0. The van der Waals surface area contributed by atoms with E-state index in [0.717, 1.165) is 5.56 Å². The van der Waals surface area contributed by atoms with Crippen molar-refractivity contribution in [2.45, 2.75) is 20.0 Å². The molecule has 0 aromatic heterocycles. The van der Waals surface area contributed by atoms with Crippen LogP contribution in [0.25, 0.3) is 6.08 Å². The van der Waals surface area contributed by atoms with Crippen LogP contribution in [-0.4, -0.2) is 30.3 Å². The van der Waals surface area contributed by atoms with Gasteiger partial charge in [-0.25, -0.2) is 0 Å². The first-order valence-electron chi connectivity index (χ1n) is 5.97. The highest BCUT2D eigenvalue weighted by Crippen LogP contribution is 2.29. The van der Waals surface area contributed by atoms with E-state index in [1.165, 1.54) is 0 Å². The number of ether oxygens (including phenoxy) is 2. The average molecular weight is 271 g/mol. The molecule has 0 aliphatic rings. The van der Waals surface area contributed by atoms with Gasteiger partial charge >= 0.3 is 0 Å². The third kappa shape index (κ3) is 4.59. The smallest absolute Gasteiger partial charge is 0.161 e. The molecule has 0 saturated carbocycles. The van der Waals surface area contributed by atoms with Gasteiger partial charge in [0.15, 0.2) is 11.5 Å². The van der Waals surface area contributed by atoms with Crippen LogP contribution >= 0.6 is 11.6 Å². The lowest BCUT2D eigenvalue weighted by Crippen LogP contribution is -2.19. The van der Waals surface area contributed by atoms with Gasteiger partial charge in [-0.05, 0) is 31.5 Å². The minimum Gasteiger partial charge on any atom is -0.490 e. The zero-order valence-corrected chi connectivity index (χ0v) is 11.5. The monoisotopic (exact) mass is 270 g/mol. The topological polar surface area (TPSA) is 38.7 Å². The van der Waals surface area contributed by atoms with Gasteiger partial charge in [0.25, 0.3) is 0 Å². The first-order chi connectivity index (χ1) is 8.71. The van der Waals surface area contributed by atoms with Crippen molar-refractivity contribution in [3.8, 4) is 11.5 Å². The van der Waals surface area contributed by atoms with Gasteiger partial charge in [0.05, 0.1) is 12.5 Å². The predicted molar refractivity (Wildman–Crippen MR) is 74.5 cm³/mol. The standard InChI is InChI=1S/C14H19ClO3/c1-3-5-11-6-7-13(17-4-2)14(8-11)18-10-12(16)9-15/h3,5-8,12,16H,4,9-10H2,1-2H3/b5-3-. The summed E-state index contributed by atoms with van der Waals surface area (Å²) >= 11 is 5.53. The number of benzene rings is 1. The highest BCUT2D eigenvalue weighted by molar-refractivity contribution is 6.18. The van der Waals surface area contributed by atoms with Crippen LogP contribution < -0.4 is 9.47 Å². The predicted octanol–water partition coefficient (Wildman–Crippen LogP) is 3.10. The molecule has 0 bridgehead atoms. The summed E-state index contributed by atoms with van der Waals surface area (Å²) in [5.41, 5.74) is 1.02. The van der Waals surface area contributed by atoms with Crippen LogP contribution in [0, 0.1) is 0 Å². The quantitative estimate of drug-likeness (QED) is 0.774. The Kier molecular flexibility index (Phi) is 6.61. The molecule has 0 spiro atoms. The maximum atomic E-state index is 9.40. The summed E-state index contributed by atoms with van der Waals surface area (Å²) in [5.74, 6) is 1.45. The highest BCUT2D eigenvalue weighted by Gasteiger charge is 2.08. The summed E-state index contributed by atoms with van der Waals surface area (Å²) in [7, 11) is 0. The molecule has 0 saturated heterocycles. The van der Waals surface area contributed by atoms with Crippen LogP contribution in [0.15, 0.2) is 24.3 Å². The molecule has 1 aromatic rings. The number of aliphatic hydroxyl groups excluding tert-OH is 1. The van der Waals surface area contributed by atoms with Gasteiger partial charge in [0.1, 0.15) is 12.7 Å². The van der Waals surface area contributed by atoms with E-state index in [4.69, 9.17) is 21.1 Å². The fraction of sp³-hybridized carbons (Fsp3) is 0.429. The largest absolute Gasteiger partial charge is 0.490 e. The highest BCUT2D eigenvalue weighted by atomic mass is 35.5. The van der Waals surface area contributed by atoms with Crippen molar-refractivity contribution in [1.29, 1.82) is 0 Å². The molecule has 0 aliphatic carbocycles. The number of allylic oxidation sites excluding steroid dienone is 1. The van der Waals surface area contributed by atoms with Gasteiger partial charge in [0, 0.05) is 0 Å². The molecule has 1 aromatic carbocycles. The lowest BCUT2D eigenvalue weighted by atomic mass is 10.2. The Hall–Kier alpha value is -1.19. The molecule has 1 atom stereocenters. The Bertz CT molecular complexity index is 391. The molecule has 0 aliphatic heterocycles. The van der Waals surface area contributed by atoms with Gasteiger partial charge in [-0.15, -0.1) is 11.6 Å². The molecule has 1 unspecified atom stereocenters. The van der Waals surface area contributed by atoms with Gasteiger partial charge in [-0.3, -0.25) is 0 Å². The normalized spacial score (nSPS) is 12.7. The molecular formula is C14H19ClO3. The zero-order valence-electron chi connectivity index (χ0n) is 10.7. The number of halogens is 1. The van der Waals surface area contributed by atoms with Crippen molar-refractivity contribution in [3.05, 3.63) is 29.8 Å². The minimum atomic E-state index is -0.675. The van der Waals surface area contributed by atoms with E-state index < -0.39 is 6.10 Å². The maximum absolute atomic E-state index is 9.40. The van der Waals surface area contributed by atoms with E-state index in [1.807, 2.05) is 44.2 Å². The molecule has 1 rings (SSSR count). The summed E-state index contributed by atoms with van der Waals surface area (Å²) in [5, 5.41) is 9.40. The third-order valence-corrected chi connectivity index (χ3v) is 2.59. The Morgan fingerprint density at radius 1 is 1.33 bits per heavy atom. The number of hydrogen-bond acceptors (Lipinski definition) is 3. The molecule has 0 fully saturated rings. The zero-order chi connectivity index (χ0) is 13.4. The molecule has 3 nitrogen and oxygen atoms in total. The van der Waals surface area contributed by atoms with Crippen molar-refractivity contribution in [2.24, 2.45) is 0 Å². The number of alkyl halides is 1. The molecule has 100 valence electrons. The summed E-state index contributed by atoms with van der Waals surface area (Å²) in [6.07, 6.45) is 3.25. The second kappa shape index (κ2) is 8.01. The second-order valence-corrected chi connectivity index (χ2v) is 4.07. The fourth-order valence-electron chi connectivity index (χ4n) is 1.44. The van der Waals surface area contributed by atoms with Crippen molar-refractivity contribution < 1.29 is 14.6 Å². The van der Waals surface area contributed by atoms with E-state index >= 15 is 0 Å². The molecule has 1 N–H and O–H groups in total. The van der Waals surface area contributed by atoms with E-state index in [1.54, 1.807) is 0 Å². The Labute approximate surface area is 113 Å². The first kappa shape index (κ1) is 14.9. The van der Waals surface area contributed by atoms with Crippen LogP contribution in [0.5, 0.6) is 11.5 Å². The minimum absolute atomic E-state index is 0.151. The van der Waals surface area contributed by atoms with Crippen LogP contribution in [0.3, 0.4) is 0 Å². The second-order valence-electron chi connectivity index (χ2n) is 3.76. The number of rotatable bonds is 7. The Morgan fingerprint density at radius 2 is 2.11 bits per heavy atom. The lowest BCUT2D eigenvalue weighted by molar-refractivity contribution is 0.122. The molecule has 0 amide bonds. The SMILES string of the molecule is C/C=C\c1ccc(OCC)c(OCC(O)CCl)c1. The average Bonchev–Trinajstić information content (AvgIpc) is 2.39. The molecule has 4 heteroatoms. The third-order valence-electron chi connectivity index (χ3n) is 2.24. The Morgan fingerprint density at radius 3 is 2.72 bits per heavy atom. The van der Waals surface area contributed by atoms with Gasteiger partial charge in [0.2, 0.25) is 0 Å². The van der Waals surface area contributed by atoms with Crippen molar-refractivity contribution in [1.82, 2.24) is 0 Å². The van der Waals surface area contributed by atoms with E-state index in [2.05, 4.69) is 0 Å². The van der Waals surface area contributed by atoms with Crippen LogP contribution in [0.2, 0.25) is 0 Å². The van der Waals surface area contributed by atoms with Gasteiger partial charge in [-0.1, -0.05) is 18.2 Å². The van der Waals surface area contributed by atoms with Crippen molar-refractivity contribution in [2.75, 3.05) is 19.1 Å². The summed E-state index contributed by atoms with van der Waals surface area (Å²) in [6, 6.07) is 5.70. The summed E-state index contributed by atoms with van der Waals surface area (Å²) in [6.45, 7) is 4.59.